The summed E-state index contributed by atoms with van der Waals surface area (Å²) in [5.74, 6) is -0.489. The summed E-state index contributed by atoms with van der Waals surface area (Å²) in [6.07, 6.45) is 2.56. The molecular weight excluding hydrogens is 566 g/mol. The summed E-state index contributed by atoms with van der Waals surface area (Å²) >= 11 is 11.5. The van der Waals surface area contributed by atoms with E-state index in [4.69, 9.17) is 42.5 Å². The van der Waals surface area contributed by atoms with Gasteiger partial charge in [0.1, 0.15) is 11.6 Å². The van der Waals surface area contributed by atoms with Gasteiger partial charge in [-0.2, -0.15) is 0 Å². The monoisotopic (exact) mass is 596 g/mol. The third kappa shape index (κ3) is 11.7. The first kappa shape index (κ1) is 35.7. The molecule has 14 nitrogen and oxygen atoms in total. The van der Waals surface area contributed by atoms with Gasteiger partial charge in [-0.1, -0.05) is 0 Å². The van der Waals surface area contributed by atoms with Crippen LogP contribution in [0.5, 0.6) is 0 Å². The number of anilines is 2. The molecule has 0 bridgehead atoms. The van der Waals surface area contributed by atoms with E-state index in [9.17, 15) is 9.59 Å². The standard InChI is InChI=1S/C10H12ClN3O3.C9H10ClN3O3.C4H8O.Li.H2O/c1-16-9(15)7-6-8(13-10(11)12-7)14-2-4-17-5-3-14;10-9-11-6(8(14)15)5-7(12-9)13-1-3-16-4-2-13;1-2-4-5-3-1;;/h6H,2-5H2,1H3;5H,1-4H2,(H,14,15);1-4H2;;1H2/q;;;+1;/p-1. The molecule has 5 heterocycles. The fourth-order valence-corrected chi connectivity index (χ4v) is 3.90. The van der Waals surface area contributed by atoms with Crippen molar-refractivity contribution in [1.82, 2.24) is 19.9 Å². The number of ether oxygens (including phenoxy) is 4. The van der Waals surface area contributed by atoms with E-state index in [1.165, 1.54) is 26.0 Å². The molecule has 3 aliphatic heterocycles. The van der Waals surface area contributed by atoms with Crippen molar-refractivity contribution in [2.45, 2.75) is 12.8 Å². The number of esters is 1. The zero-order valence-electron chi connectivity index (χ0n) is 22.4. The molecule has 0 unspecified atom stereocenters. The number of hydrogen-bond acceptors (Lipinski definition) is 13. The Labute approximate surface area is 253 Å². The Bertz CT molecular complexity index is 1070. The van der Waals surface area contributed by atoms with E-state index in [1.54, 1.807) is 6.07 Å². The van der Waals surface area contributed by atoms with E-state index in [-0.39, 0.29) is 46.3 Å². The Balaban J connectivity index is 0.000000327. The molecule has 0 atom stereocenters. The Hall–Kier alpha value is -2.28. The molecule has 2 N–H and O–H groups in total. The van der Waals surface area contributed by atoms with Gasteiger partial charge < -0.3 is 39.3 Å². The van der Waals surface area contributed by atoms with Crippen molar-refractivity contribution >= 4 is 46.8 Å². The Morgan fingerprint density at radius 2 is 1.18 bits per heavy atom. The van der Waals surface area contributed by atoms with Crippen LogP contribution in [0.4, 0.5) is 11.6 Å². The maximum absolute atomic E-state index is 11.4. The molecule has 0 aliphatic carbocycles. The van der Waals surface area contributed by atoms with Crippen LogP contribution in [-0.4, -0.2) is 115 Å². The number of methoxy groups -OCH3 is 1. The van der Waals surface area contributed by atoms with Crippen LogP contribution in [0.25, 0.3) is 0 Å². The number of halogens is 2. The largest absolute Gasteiger partial charge is 1.00 e. The molecule has 2 aromatic rings. The smallest absolute Gasteiger partial charge is 0.870 e. The summed E-state index contributed by atoms with van der Waals surface area (Å²) in [4.78, 5) is 41.6. The first-order chi connectivity index (χ1) is 18.4. The third-order valence-corrected chi connectivity index (χ3v) is 5.82. The summed E-state index contributed by atoms with van der Waals surface area (Å²) in [7, 11) is 1.30. The molecule has 40 heavy (non-hydrogen) atoms. The van der Waals surface area contributed by atoms with Crippen LogP contribution >= 0.6 is 23.2 Å². The van der Waals surface area contributed by atoms with E-state index in [0.717, 1.165) is 13.2 Å². The number of carbonyl (C=O) groups is 2. The van der Waals surface area contributed by atoms with Crippen molar-refractivity contribution in [1.29, 1.82) is 0 Å². The summed E-state index contributed by atoms with van der Waals surface area (Å²) in [5.41, 5.74) is 0.0653. The van der Waals surface area contributed by atoms with Crippen LogP contribution < -0.4 is 28.7 Å². The number of aromatic carboxylic acids is 1. The first-order valence-corrected chi connectivity index (χ1v) is 12.8. The summed E-state index contributed by atoms with van der Waals surface area (Å²) < 4.78 is 20.0. The van der Waals surface area contributed by atoms with E-state index < -0.39 is 11.9 Å². The third-order valence-electron chi connectivity index (χ3n) is 5.48. The fraction of sp³-hybridized carbons (Fsp3) is 0.565. The molecule has 0 spiro atoms. The van der Waals surface area contributed by atoms with Gasteiger partial charge in [0.2, 0.25) is 10.6 Å². The Kier molecular flexibility index (Phi) is 16.9. The van der Waals surface area contributed by atoms with Crippen molar-refractivity contribution in [3.8, 4) is 0 Å². The average Bonchev–Trinajstić information content (AvgIpc) is 3.54. The van der Waals surface area contributed by atoms with Crippen molar-refractivity contribution < 1.29 is 58.0 Å². The number of rotatable bonds is 4. The zero-order chi connectivity index (χ0) is 27.3. The number of aromatic nitrogens is 4. The maximum atomic E-state index is 11.4. The molecule has 0 amide bonds. The van der Waals surface area contributed by atoms with Crippen molar-refractivity contribution in [2.24, 2.45) is 0 Å². The minimum absolute atomic E-state index is 0. The number of carboxylic acids is 1. The molecule has 0 aromatic carbocycles. The number of morpholine rings is 2. The van der Waals surface area contributed by atoms with Gasteiger partial charge in [0, 0.05) is 51.5 Å². The molecule has 0 radical (unpaired) electrons. The van der Waals surface area contributed by atoms with Crippen LogP contribution in [0.15, 0.2) is 12.1 Å². The molecule has 0 saturated carbocycles. The number of nitrogens with zero attached hydrogens (tertiary/aromatic N) is 6. The second kappa shape index (κ2) is 19.0. The van der Waals surface area contributed by atoms with Crippen LogP contribution in [0.1, 0.15) is 33.8 Å². The first-order valence-electron chi connectivity index (χ1n) is 12.0. The molecule has 5 rings (SSSR count). The van der Waals surface area contributed by atoms with Crippen LogP contribution in [0, 0.1) is 0 Å². The van der Waals surface area contributed by atoms with Crippen molar-refractivity contribution in [3.05, 3.63) is 34.1 Å². The minimum atomic E-state index is -1.11. The van der Waals surface area contributed by atoms with E-state index in [1.807, 2.05) is 9.80 Å². The molecule has 216 valence electrons. The average molecular weight is 597 g/mol. The van der Waals surface area contributed by atoms with Gasteiger partial charge in [-0.05, 0) is 36.0 Å². The quantitative estimate of drug-likeness (QED) is 0.259. The van der Waals surface area contributed by atoms with Gasteiger partial charge in [-0.3, -0.25) is 0 Å². The van der Waals surface area contributed by atoms with Gasteiger partial charge in [-0.15, -0.1) is 0 Å². The van der Waals surface area contributed by atoms with Gasteiger partial charge in [0.25, 0.3) is 0 Å². The van der Waals surface area contributed by atoms with E-state index >= 15 is 0 Å². The fourth-order valence-electron chi connectivity index (χ4n) is 3.55. The Morgan fingerprint density at radius 3 is 1.55 bits per heavy atom. The van der Waals surface area contributed by atoms with Gasteiger partial charge >= 0.3 is 30.8 Å². The van der Waals surface area contributed by atoms with Crippen molar-refractivity contribution in [2.75, 3.05) is 82.7 Å². The molecule has 3 aliphatic rings. The number of carbonyl (C=O) groups excluding carboxylic acids is 1. The van der Waals surface area contributed by atoms with Crippen LogP contribution in [0.2, 0.25) is 10.6 Å². The van der Waals surface area contributed by atoms with Gasteiger partial charge in [0.05, 0.1) is 33.5 Å². The summed E-state index contributed by atoms with van der Waals surface area (Å²) in [6, 6.07) is 2.99. The molecule has 3 fully saturated rings. The molecule has 17 heteroatoms. The Morgan fingerprint density at radius 1 is 0.775 bits per heavy atom. The van der Waals surface area contributed by atoms with E-state index in [0.29, 0.717) is 64.2 Å². The normalized spacial score (nSPS) is 16.2. The molecule has 2 aromatic heterocycles. The predicted molar refractivity (Wildman–Crippen MR) is 140 cm³/mol. The predicted octanol–water partition coefficient (Wildman–Crippen LogP) is -0.958. The minimum Gasteiger partial charge on any atom is -0.870 e. The van der Waals surface area contributed by atoms with Gasteiger partial charge in [-0.25, -0.2) is 29.5 Å². The second-order valence-electron chi connectivity index (χ2n) is 8.08. The topological polar surface area (TPSA) is 179 Å². The van der Waals surface area contributed by atoms with Crippen LogP contribution in [-0.2, 0) is 18.9 Å². The van der Waals surface area contributed by atoms with Gasteiger partial charge in [0.15, 0.2) is 11.4 Å². The zero-order valence-corrected chi connectivity index (χ0v) is 23.9. The summed E-state index contributed by atoms with van der Waals surface area (Å²) in [6.45, 7) is 7.25. The van der Waals surface area contributed by atoms with Crippen molar-refractivity contribution in [3.63, 3.8) is 0 Å². The second-order valence-corrected chi connectivity index (χ2v) is 8.75. The van der Waals surface area contributed by atoms with E-state index in [2.05, 4.69) is 24.7 Å². The maximum Gasteiger partial charge on any atom is 1.00 e. The number of carboxylic acid groups (broad SMARTS) is 1. The summed E-state index contributed by atoms with van der Waals surface area (Å²) in [5, 5.41) is 8.82. The number of hydrogen-bond donors (Lipinski definition) is 1. The SMILES string of the molecule is C1CCOC1.COC(=O)c1cc(N2CCOCC2)nc(Cl)n1.O=C(O)c1cc(N2CCOCC2)nc(Cl)n1.[Li+].[OH-]. The molecule has 3 saturated heterocycles. The molecular formula is C23H31Cl2LiN6O8. The van der Waals surface area contributed by atoms with Crippen LogP contribution in [0.3, 0.4) is 0 Å².